The van der Waals surface area contributed by atoms with Crippen molar-refractivity contribution in [2.45, 2.75) is 19.8 Å². The molecule has 0 N–H and O–H groups in total. The summed E-state index contributed by atoms with van der Waals surface area (Å²) in [5.74, 6) is -1.59. The molecule has 2 aliphatic rings. The van der Waals surface area contributed by atoms with E-state index in [4.69, 9.17) is 11.6 Å². The van der Waals surface area contributed by atoms with Crippen LogP contribution >= 0.6 is 11.6 Å². The average molecular weight is 294 g/mol. The smallest absolute Gasteiger partial charge is 0.238 e. The normalized spacial score (nSPS) is 25.8. The van der Waals surface area contributed by atoms with E-state index in [0.29, 0.717) is 18.5 Å². The third-order valence-corrected chi connectivity index (χ3v) is 4.27. The molecule has 0 saturated carbocycles. The van der Waals surface area contributed by atoms with Gasteiger partial charge in [-0.3, -0.25) is 9.59 Å². The summed E-state index contributed by atoms with van der Waals surface area (Å²) in [5, 5.41) is -0.0905. The number of halogens is 2. The van der Waals surface area contributed by atoms with Crippen LogP contribution in [0.25, 0.3) is 0 Å². The molecule has 1 saturated heterocycles. The highest BCUT2D eigenvalue weighted by molar-refractivity contribution is 6.31. The molecule has 0 aromatic heterocycles. The van der Waals surface area contributed by atoms with E-state index in [0.717, 1.165) is 10.5 Å². The summed E-state index contributed by atoms with van der Waals surface area (Å²) in [6, 6.07) is 3.91. The molecule has 5 heteroatoms. The molecule has 20 heavy (non-hydrogen) atoms. The SMILES string of the molecule is CC1=CC[C@@H]2C(=O)N(c3ccc(F)c(Cl)c3)C(=O)[C@@H]2C1. The highest BCUT2D eigenvalue weighted by Gasteiger charge is 2.48. The molecular formula is C15H13ClFNO2. The molecule has 1 heterocycles. The summed E-state index contributed by atoms with van der Waals surface area (Å²) in [6.07, 6.45) is 3.21. The zero-order valence-corrected chi connectivity index (χ0v) is 11.7. The van der Waals surface area contributed by atoms with E-state index >= 15 is 0 Å². The molecule has 3 nitrogen and oxygen atoms in total. The Bertz CT molecular complexity index is 641. The second-order valence-electron chi connectivity index (χ2n) is 5.31. The second-order valence-corrected chi connectivity index (χ2v) is 5.72. The van der Waals surface area contributed by atoms with Crippen LogP contribution in [0.4, 0.5) is 10.1 Å². The van der Waals surface area contributed by atoms with Gasteiger partial charge in [-0.1, -0.05) is 23.3 Å². The van der Waals surface area contributed by atoms with Gasteiger partial charge in [-0.2, -0.15) is 0 Å². The minimum atomic E-state index is -0.565. The van der Waals surface area contributed by atoms with Crippen molar-refractivity contribution in [2.75, 3.05) is 4.90 Å². The van der Waals surface area contributed by atoms with E-state index in [1.807, 2.05) is 13.0 Å². The Labute approximate surface area is 121 Å². The zero-order chi connectivity index (χ0) is 14.4. The van der Waals surface area contributed by atoms with Crippen LogP contribution in [-0.2, 0) is 9.59 Å². The maximum absolute atomic E-state index is 13.2. The van der Waals surface area contributed by atoms with E-state index in [2.05, 4.69) is 0 Å². The molecule has 1 aromatic carbocycles. The average Bonchev–Trinajstić information content (AvgIpc) is 2.65. The first-order valence-corrected chi connectivity index (χ1v) is 6.85. The molecule has 1 aliphatic heterocycles. The lowest BCUT2D eigenvalue weighted by Gasteiger charge is -2.18. The van der Waals surface area contributed by atoms with Crippen molar-refractivity contribution in [3.05, 3.63) is 40.7 Å². The molecule has 2 atom stereocenters. The van der Waals surface area contributed by atoms with Crippen LogP contribution in [0.15, 0.2) is 29.8 Å². The Balaban J connectivity index is 1.97. The number of anilines is 1. The summed E-state index contributed by atoms with van der Waals surface area (Å²) in [5.41, 5.74) is 1.48. The number of fused-ring (bicyclic) bond motifs is 1. The van der Waals surface area contributed by atoms with Gasteiger partial charge in [-0.05, 0) is 38.0 Å². The maximum atomic E-state index is 13.2. The summed E-state index contributed by atoms with van der Waals surface area (Å²) in [7, 11) is 0. The molecule has 1 aromatic rings. The fourth-order valence-corrected chi connectivity index (χ4v) is 3.09. The highest BCUT2D eigenvalue weighted by Crippen LogP contribution is 2.40. The quantitative estimate of drug-likeness (QED) is 0.588. The lowest BCUT2D eigenvalue weighted by molar-refractivity contribution is -0.122. The van der Waals surface area contributed by atoms with Crippen molar-refractivity contribution in [3.8, 4) is 0 Å². The standard InChI is InChI=1S/C15H13ClFNO2/c1-8-2-4-10-11(6-8)15(20)18(14(10)19)9-3-5-13(17)12(16)7-9/h2-3,5,7,10-11H,4,6H2,1H3/t10-,11+/m0/s1. The number of imide groups is 1. The van der Waals surface area contributed by atoms with Crippen LogP contribution in [-0.4, -0.2) is 11.8 Å². The number of carbonyl (C=O) groups is 2. The fourth-order valence-electron chi connectivity index (χ4n) is 2.92. The van der Waals surface area contributed by atoms with Crippen molar-refractivity contribution in [1.82, 2.24) is 0 Å². The van der Waals surface area contributed by atoms with Gasteiger partial charge in [0.25, 0.3) is 0 Å². The van der Waals surface area contributed by atoms with Crippen molar-refractivity contribution >= 4 is 29.1 Å². The molecule has 2 amide bonds. The minimum absolute atomic E-state index is 0.0905. The first kappa shape index (κ1) is 13.3. The van der Waals surface area contributed by atoms with Gasteiger partial charge in [0.05, 0.1) is 22.5 Å². The highest BCUT2D eigenvalue weighted by atomic mass is 35.5. The topological polar surface area (TPSA) is 37.4 Å². The minimum Gasteiger partial charge on any atom is -0.274 e. The maximum Gasteiger partial charge on any atom is 0.238 e. The molecule has 0 spiro atoms. The first-order chi connectivity index (χ1) is 9.49. The monoisotopic (exact) mass is 293 g/mol. The van der Waals surface area contributed by atoms with Gasteiger partial charge >= 0.3 is 0 Å². The number of rotatable bonds is 1. The third-order valence-electron chi connectivity index (χ3n) is 3.98. The van der Waals surface area contributed by atoms with E-state index in [-0.39, 0.29) is 28.7 Å². The summed E-state index contributed by atoms with van der Waals surface area (Å²) < 4.78 is 13.2. The Morgan fingerprint density at radius 2 is 1.95 bits per heavy atom. The predicted molar refractivity (Wildman–Crippen MR) is 73.9 cm³/mol. The van der Waals surface area contributed by atoms with Gasteiger partial charge in [-0.15, -0.1) is 0 Å². The Morgan fingerprint density at radius 1 is 1.25 bits per heavy atom. The molecule has 3 rings (SSSR count). The van der Waals surface area contributed by atoms with E-state index in [9.17, 15) is 14.0 Å². The number of benzene rings is 1. The molecule has 0 radical (unpaired) electrons. The van der Waals surface area contributed by atoms with Crippen LogP contribution < -0.4 is 4.90 Å². The van der Waals surface area contributed by atoms with E-state index in [1.54, 1.807) is 0 Å². The first-order valence-electron chi connectivity index (χ1n) is 6.47. The Kier molecular flexibility index (Phi) is 3.13. The van der Waals surface area contributed by atoms with Gasteiger partial charge in [0.15, 0.2) is 0 Å². The van der Waals surface area contributed by atoms with Gasteiger partial charge < -0.3 is 0 Å². The summed E-state index contributed by atoms with van der Waals surface area (Å²) in [6.45, 7) is 1.96. The van der Waals surface area contributed by atoms with Crippen LogP contribution in [0.5, 0.6) is 0 Å². The van der Waals surface area contributed by atoms with Crippen LogP contribution in [0, 0.1) is 17.7 Å². The third kappa shape index (κ3) is 1.95. The van der Waals surface area contributed by atoms with E-state index < -0.39 is 5.82 Å². The Morgan fingerprint density at radius 3 is 2.65 bits per heavy atom. The van der Waals surface area contributed by atoms with Crippen molar-refractivity contribution < 1.29 is 14.0 Å². The lowest BCUT2D eigenvalue weighted by Crippen LogP contribution is -2.30. The molecule has 0 unspecified atom stereocenters. The number of nitrogens with zero attached hydrogens (tertiary/aromatic N) is 1. The lowest BCUT2D eigenvalue weighted by atomic mass is 9.82. The number of amides is 2. The van der Waals surface area contributed by atoms with Crippen LogP contribution in [0.2, 0.25) is 5.02 Å². The van der Waals surface area contributed by atoms with Crippen molar-refractivity contribution in [3.63, 3.8) is 0 Å². The molecule has 104 valence electrons. The van der Waals surface area contributed by atoms with Gasteiger partial charge in [-0.25, -0.2) is 9.29 Å². The van der Waals surface area contributed by atoms with E-state index in [1.165, 1.54) is 18.2 Å². The molecule has 1 aliphatic carbocycles. The number of hydrogen-bond acceptors (Lipinski definition) is 2. The molecule has 0 bridgehead atoms. The largest absolute Gasteiger partial charge is 0.274 e. The molecule has 1 fully saturated rings. The number of carbonyl (C=O) groups excluding carboxylic acids is 2. The van der Waals surface area contributed by atoms with Crippen LogP contribution in [0.1, 0.15) is 19.8 Å². The van der Waals surface area contributed by atoms with Crippen LogP contribution in [0.3, 0.4) is 0 Å². The second kappa shape index (κ2) is 4.70. The molecular weight excluding hydrogens is 281 g/mol. The fraction of sp³-hybridized carbons (Fsp3) is 0.333. The summed E-state index contributed by atoms with van der Waals surface area (Å²) >= 11 is 5.73. The van der Waals surface area contributed by atoms with Gasteiger partial charge in [0.1, 0.15) is 5.82 Å². The number of hydrogen-bond donors (Lipinski definition) is 0. The zero-order valence-electron chi connectivity index (χ0n) is 10.9. The van der Waals surface area contributed by atoms with Gasteiger partial charge in [0, 0.05) is 0 Å². The van der Waals surface area contributed by atoms with Crippen molar-refractivity contribution in [2.24, 2.45) is 11.8 Å². The Hall–Kier alpha value is -1.68. The van der Waals surface area contributed by atoms with Gasteiger partial charge in [0.2, 0.25) is 11.8 Å². The number of allylic oxidation sites excluding steroid dienone is 2. The van der Waals surface area contributed by atoms with Crippen molar-refractivity contribution in [1.29, 1.82) is 0 Å². The predicted octanol–water partition coefficient (Wildman–Crippen LogP) is 3.32. The summed E-state index contributed by atoms with van der Waals surface area (Å²) in [4.78, 5) is 26.0.